The van der Waals surface area contributed by atoms with Gasteiger partial charge in [-0.25, -0.2) is 14.7 Å². The second-order valence-electron chi connectivity index (χ2n) is 9.60. The summed E-state index contributed by atoms with van der Waals surface area (Å²) in [6, 6.07) is 33.8. The van der Waals surface area contributed by atoms with Crippen LogP contribution in [0.2, 0.25) is 5.02 Å². The van der Waals surface area contributed by atoms with E-state index < -0.39 is 0 Å². The standard InChI is InChI=1S/C32H25ClN6O/c1-20-28-29(21-16-18-22(33)19-17-21)38-26-14-8-6-12-24(26)34-30(35-25-13-7-9-15-27(25)40-2)32(38)36-31(28)39(37-20)23-10-4-3-5-11-23/h3-19,29H,1-2H3,(H,34,35). The number of hydrogen-bond donors (Lipinski definition) is 1. The Morgan fingerprint density at radius 2 is 1.55 bits per heavy atom. The molecule has 7 rings (SSSR count). The first-order valence-corrected chi connectivity index (χ1v) is 13.4. The molecule has 8 heteroatoms. The predicted octanol–water partition coefficient (Wildman–Crippen LogP) is 7.64. The minimum absolute atomic E-state index is 0.219. The number of halogens is 1. The summed E-state index contributed by atoms with van der Waals surface area (Å²) in [5.74, 6) is 2.79. The quantitative estimate of drug-likeness (QED) is 0.252. The minimum Gasteiger partial charge on any atom is -0.495 e. The van der Waals surface area contributed by atoms with Gasteiger partial charge in [-0.2, -0.15) is 5.10 Å². The molecule has 5 aromatic rings. The number of ether oxygens (including phenoxy) is 1. The number of rotatable bonds is 4. The number of anilines is 2. The summed E-state index contributed by atoms with van der Waals surface area (Å²) in [4.78, 5) is 12.6. The van der Waals surface area contributed by atoms with E-state index >= 15 is 0 Å². The van der Waals surface area contributed by atoms with Gasteiger partial charge in [0.25, 0.3) is 0 Å². The molecule has 4 aromatic carbocycles. The van der Waals surface area contributed by atoms with E-state index in [2.05, 4.69) is 28.4 Å². The maximum atomic E-state index is 6.33. The molecule has 0 aliphatic carbocycles. The summed E-state index contributed by atoms with van der Waals surface area (Å²) in [6.07, 6.45) is 0. The number of para-hydroxylation sites is 5. The van der Waals surface area contributed by atoms with Crippen LogP contribution in [0.5, 0.6) is 5.75 Å². The van der Waals surface area contributed by atoms with E-state index in [-0.39, 0.29) is 6.04 Å². The third kappa shape index (κ3) is 3.94. The van der Waals surface area contributed by atoms with E-state index in [0.29, 0.717) is 22.4 Å². The fourth-order valence-corrected chi connectivity index (χ4v) is 5.51. The van der Waals surface area contributed by atoms with Crippen molar-refractivity contribution in [2.45, 2.75) is 13.0 Å². The van der Waals surface area contributed by atoms with E-state index in [4.69, 9.17) is 31.4 Å². The molecule has 0 saturated carbocycles. The lowest BCUT2D eigenvalue weighted by atomic mass is 9.93. The number of aryl methyl sites for hydroxylation is 1. The number of benzene rings is 4. The number of amidine groups is 2. The van der Waals surface area contributed by atoms with Crippen LogP contribution in [0, 0.1) is 6.92 Å². The summed E-state index contributed by atoms with van der Waals surface area (Å²) in [5.41, 5.74) is 6.55. The number of fused-ring (bicyclic) bond motifs is 4. The van der Waals surface area contributed by atoms with Gasteiger partial charge in [0.05, 0.1) is 41.6 Å². The molecule has 0 fully saturated rings. The molecule has 1 unspecified atom stereocenters. The van der Waals surface area contributed by atoms with Crippen molar-refractivity contribution in [1.82, 2.24) is 9.78 Å². The zero-order valence-electron chi connectivity index (χ0n) is 21.9. The monoisotopic (exact) mass is 544 g/mol. The Morgan fingerprint density at radius 1 is 0.825 bits per heavy atom. The van der Waals surface area contributed by atoms with Crippen LogP contribution < -0.4 is 15.0 Å². The van der Waals surface area contributed by atoms with Gasteiger partial charge < -0.3 is 15.0 Å². The molecule has 2 aliphatic heterocycles. The van der Waals surface area contributed by atoms with E-state index in [1.807, 2.05) is 96.5 Å². The fourth-order valence-electron chi connectivity index (χ4n) is 5.38. The maximum absolute atomic E-state index is 6.33. The zero-order valence-corrected chi connectivity index (χ0v) is 22.7. The normalized spacial score (nSPS) is 15.4. The van der Waals surface area contributed by atoms with Crippen molar-refractivity contribution in [3.05, 3.63) is 125 Å². The van der Waals surface area contributed by atoms with Crippen molar-refractivity contribution in [2.75, 3.05) is 17.3 Å². The molecule has 7 nitrogen and oxygen atoms in total. The first-order valence-electron chi connectivity index (χ1n) is 13.0. The number of nitrogens with one attached hydrogen (secondary N) is 1. The van der Waals surface area contributed by atoms with Crippen molar-refractivity contribution >= 4 is 46.2 Å². The Balaban J connectivity index is 1.50. The molecule has 0 radical (unpaired) electrons. The molecular weight excluding hydrogens is 520 g/mol. The van der Waals surface area contributed by atoms with Crippen LogP contribution in [0.15, 0.2) is 113 Å². The summed E-state index contributed by atoms with van der Waals surface area (Å²) >= 11 is 6.33. The van der Waals surface area contributed by atoms with Gasteiger partial charge in [0.1, 0.15) is 5.75 Å². The second kappa shape index (κ2) is 9.70. The fraction of sp³-hybridized carbons (Fsp3) is 0.0938. The van der Waals surface area contributed by atoms with Crippen LogP contribution in [0.4, 0.5) is 22.9 Å². The maximum Gasteiger partial charge on any atom is 0.179 e. The van der Waals surface area contributed by atoms with Crippen molar-refractivity contribution in [3.8, 4) is 11.4 Å². The van der Waals surface area contributed by atoms with Crippen molar-refractivity contribution in [1.29, 1.82) is 0 Å². The van der Waals surface area contributed by atoms with Gasteiger partial charge in [-0.05, 0) is 61.0 Å². The van der Waals surface area contributed by atoms with Crippen molar-refractivity contribution in [2.24, 2.45) is 9.98 Å². The lowest BCUT2D eigenvalue weighted by Gasteiger charge is -2.40. The van der Waals surface area contributed by atoms with Crippen LogP contribution >= 0.6 is 11.6 Å². The van der Waals surface area contributed by atoms with E-state index in [0.717, 1.165) is 45.4 Å². The molecule has 3 heterocycles. The summed E-state index contributed by atoms with van der Waals surface area (Å²) in [5, 5.41) is 9.19. The second-order valence-corrected chi connectivity index (χ2v) is 10.0. The average molecular weight is 545 g/mol. The molecule has 0 amide bonds. The topological polar surface area (TPSA) is 67.0 Å². The molecule has 1 N–H and O–H groups in total. The van der Waals surface area contributed by atoms with Gasteiger partial charge in [-0.1, -0.05) is 66.2 Å². The average Bonchev–Trinajstić information content (AvgIpc) is 3.33. The van der Waals surface area contributed by atoms with Crippen LogP contribution in [-0.2, 0) is 0 Å². The van der Waals surface area contributed by atoms with Gasteiger partial charge in [0.2, 0.25) is 0 Å². The number of aliphatic imine (C=N–C) groups is 2. The highest BCUT2D eigenvalue weighted by atomic mass is 35.5. The molecule has 0 saturated heterocycles. The minimum atomic E-state index is -0.219. The lowest BCUT2D eigenvalue weighted by molar-refractivity contribution is 0.417. The van der Waals surface area contributed by atoms with E-state index in [1.165, 1.54) is 0 Å². The smallest absolute Gasteiger partial charge is 0.179 e. The molecule has 0 bridgehead atoms. The Labute approximate surface area is 237 Å². The lowest BCUT2D eigenvalue weighted by Crippen LogP contribution is -2.46. The SMILES string of the molecule is COc1ccccc1NC1=Nc2ccccc2N2C1=Nc1c(c(C)nn1-c1ccccc1)C2c1ccc(Cl)cc1. The third-order valence-electron chi connectivity index (χ3n) is 7.18. The summed E-state index contributed by atoms with van der Waals surface area (Å²) in [6.45, 7) is 2.04. The van der Waals surface area contributed by atoms with Gasteiger partial charge in [-0.3, -0.25) is 0 Å². The highest BCUT2D eigenvalue weighted by Crippen LogP contribution is 2.48. The molecule has 2 aliphatic rings. The number of aromatic nitrogens is 2. The largest absolute Gasteiger partial charge is 0.495 e. The van der Waals surface area contributed by atoms with Crippen LogP contribution in [0.1, 0.15) is 22.9 Å². The first kappa shape index (κ1) is 24.2. The highest BCUT2D eigenvalue weighted by molar-refractivity contribution is 6.51. The van der Waals surface area contributed by atoms with Gasteiger partial charge in [0.15, 0.2) is 17.5 Å². The van der Waals surface area contributed by atoms with Crippen molar-refractivity contribution < 1.29 is 4.74 Å². The highest BCUT2D eigenvalue weighted by Gasteiger charge is 2.41. The van der Waals surface area contributed by atoms with E-state index in [1.54, 1.807) is 7.11 Å². The molecule has 196 valence electrons. The van der Waals surface area contributed by atoms with Gasteiger partial charge in [-0.15, -0.1) is 0 Å². The third-order valence-corrected chi connectivity index (χ3v) is 7.44. The molecule has 0 spiro atoms. The van der Waals surface area contributed by atoms with Crippen molar-refractivity contribution in [3.63, 3.8) is 0 Å². The van der Waals surface area contributed by atoms with Gasteiger partial charge >= 0.3 is 0 Å². The molecule has 1 atom stereocenters. The van der Waals surface area contributed by atoms with Gasteiger partial charge in [0, 0.05) is 10.6 Å². The number of hydrogen-bond acceptors (Lipinski definition) is 6. The van der Waals surface area contributed by atoms with E-state index in [9.17, 15) is 0 Å². The Bertz CT molecular complexity index is 1790. The number of methoxy groups -OCH3 is 1. The van der Waals surface area contributed by atoms with Crippen LogP contribution in [-0.4, -0.2) is 28.6 Å². The zero-order chi connectivity index (χ0) is 27.2. The molecule has 40 heavy (non-hydrogen) atoms. The molecular formula is C32H25ClN6O. The summed E-state index contributed by atoms with van der Waals surface area (Å²) < 4.78 is 7.55. The molecule has 1 aromatic heterocycles. The first-order chi connectivity index (χ1) is 19.6. The Morgan fingerprint density at radius 3 is 2.35 bits per heavy atom. The Hall–Kier alpha value is -4.88. The summed E-state index contributed by atoms with van der Waals surface area (Å²) in [7, 11) is 1.66. The van der Waals surface area contributed by atoms with Crippen LogP contribution in [0.3, 0.4) is 0 Å². The predicted molar refractivity (Wildman–Crippen MR) is 161 cm³/mol. The number of nitrogens with zero attached hydrogens (tertiary/aromatic N) is 5. The Kier molecular flexibility index (Phi) is 5.86. The van der Waals surface area contributed by atoms with Crippen LogP contribution in [0.25, 0.3) is 5.69 Å².